The highest BCUT2D eigenvalue weighted by Gasteiger charge is 2.29. The normalized spacial score (nSPS) is 10.6. The second-order valence-corrected chi connectivity index (χ2v) is 6.60. The van der Waals surface area contributed by atoms with Crippen LogP contribution in [0.1, 0.15) is 20.7 Å². The maximum absolute atomic E-state index is 14.0. The molecule has 1 N–H and O–H groups in total. The molecule has 3 aromatic rings. The number of halogens is 4. The van der Waals surface area contributed by atoms with Crippen LogP contribution < -0.4 is 5.32 Å². The van der Waals surface area contributed by atoms with Crippen molar-refractivity contribution in [3.05, 3.63) is 68.4 Å². The number of benzene rings is 2. The summed E-state index contributed by atoms with van der Waals surface area (Å²) in [7, 11) is 1.13. The molecular formula is C18H10Cl3FN2O4. The third-order valence-corrected chi connectivity index (χ3v) is 4.64. The summed E-state index contributed by atoms with van der Waals surface area (Å²) in [5.41, 5.74) is -0.496. The number of nitrogens with zero attached hydrogens (tertiary/aromatic N) is 1. The number of carbonyl (C=O) groups is 2. The molecule has 0 unspecified atom stereocenters. The minimum atomic E-state index is -0.943. The summed E-state index contributed by atoms with van der Waals surface area (Å²) in [6.07, 6.45) is 0. The second-order valence-electron chi connectivity index (χ2n) is 5.37. The maximum Gasteiger partial charge on any atom is 0.345 e. The Balaban J connectivity index is 2.09. The number of carbonyl (C=O) groups excluding carboxylic acids is 2. The van der Waals surface area contributed by atoms with E-state index in [1.807, 2.05) is 0 Å². The third kappa shape index (κ3) is 3.69. The Kier molecular flexibility index (Phi) is 5.88. The van der Waals surface area contributed by atoms with Crippen molar-refractivity contribution in [2.45, 2.75) is 0 Å². The molecule has 28 heavy (non-hydrogen) atoms. The molecule has 0 fully saturated rings. The fourth-order valence-corrected chi connectivity index (χ4v) is 3.27. The lowest BCUT2D eigenvalue weighted by Crippen LogP contribution is -2.16. The molecule has 1 heterocycles. The van der Waals surface area contributed by atoms with Crippen molar-refractivity contribution in [2.24, 2.45) is 0 Å². The number of esters is 1. The zero-order valence-corrected chi connectivity index (χ0v) is 16.3. The maximum atomic E-state index is 14.0. The number of anilines is 1. The van der Waals surface area contributed by atoms with E-state index >= 15 is 0 Å². The molecule has 1 amide bonds. The van der Waals surface area contributed by atoms with Gasteiger partial charge in [0.15, 0.2) is 5.56 Å². The van der Waals surface area contributed by atoms with Crippen LogP contribution in [0.3, 0.4) is 0 Å². The van der Waals surface area contributed by atoms with Crippen LogP contribution >= 0.6 is 34.8 Å². The van der Waals surface area contributed by atoms with Gasteiger partial charge in [0.25, 0.3) is 5.91 Å². The summed E-state index contributed by atoms with van der Waals surface area (Å²) < 4.78 is 23.8. The first-order valence-corrected chi connectivity index (χ1v) is 8.76. The van der Waals surface area contributed by atoms with E-state index in [4.69, 9.17) is 44.1 Å². The van der Waals surface area contributed by atoms with E-state index in [0.717, 1.165) is 13.2 Å². The van der Waals surface area contributed by atoms with Crippen molar-refractivity contribution in [3.63, 3.8) is 0 Å². The summed E-state index contributed by atoms with van der Waals surface area (Å²) in [5, 5.41) is 6.33. The molecule has 144 valence electrons. The summed E-state index contributed by atoms with van der Waals surface area (Å²) >= 11 is 18.2. The fourth-order valence-electron chi connectivity index (χ4n) is 2.44. The average Bonchev–Trinajstić information content (AvgIpc) is 3.04. The van der Waals surface area contributed by atoms with Crippen LogP contribution in [0.2, 0.25) is 15.1 Å². The molecule has 0 spiro atoms. The Morgan fingerprint density at radius 3 is 2.25 bits per heavy atom. The Bertz CT molecular complexity index is 1040. The van der Waals surface area contributed by atoms with Crippen LogP contribution in [-0.4, -0.2) is 24.1 Å². The van der Waals surface area contributed by atoms with Gasteiger partial charge in [0.1, 0.15) is 11.5 Å². The molecule has 0 bridgehead atoms. The molecule has 0 radical (unpaired) electrons. The summed E-state index contributed by atoms with van der Waals surface area (Å²) in [4.78, 5) is 24.8. The third-order valence-electron chi connectivity index (χ3n) is 3.70. The van der Waals surface area contributed by atoms with Gasteiger partial charge in [-0.3, -0.25) is 10.1 Å². The van der Waals surface area contributed by atoms with Gasteiger partial charge in [0.2, 0.25) is 5.88 Å². The van der Waals surface area contributed by atoms with Crippen LogP contribution in [0, 0.1) is 5.82 Å². The van der Waals surface area contributed by atoms with E-state index in [9.17, 15) is 14.0 Å². The molecule has 10 heteroatoms. The predicted molar refractivity (Wildman–Crippen MR) is 103 cm³/mol. The molecule has 0 aliphatic rings. The lowest BCUT2D eigenvalue weighted by Gasteiger charge is -2.08. The highest BCUT2D eigenvalue weighted by atomic mass is 35.5. The zero-order chi connectivity index (χ0) is 20.4. The van der Waals surface area contributed by atoms with Gasteiger partial charge in [0.05, 0.1) is 27.7 Å². The van der Waals surface area contributed by atoms with Gasteiger partial charge < -0.3 is 9.26 Å². The van der Waals surface area contributed by atoms with Crippen LogP contribution in [0.5, 0.6) is 0 Å². The second kappa shape index (κ2) is 8.18. The zero-order valence-electron chi connectivity index (χ0n) is 14.1. The highest BCUT2D eigenvalue weighted by molar-refractivity contribution is 6.39. The van der Waals surface area contributed by atoms with E-state index in [0.29, 0.717) is 0 Å². The van der Waals surface area contributed by atoms with Crippen molar-refractivity contribution in [1.82, 2.24) is 5.16 Å². The van der Waals surface area contributed by atoms with Crippen molar-refractivity contribution >= 4 is 52.6 Å². The number of amides is 1. The molecule has 6 nitrogen and oxygen atoms in total. The first kappa shape index (κ1) is 20.1. The molecule has 0 atom stereocenters. The fraction of sp³-hybridized carbons (Fsp3) is 0.0556. The first-order chi connectivity index (χ1) is 13.3. The van der Waals surface area contributed by atoms with Gasteiger partial charge in [-0.05, 0) is 24.3 Å². The van der Waals surface area contributed by atoms with E-state index in [-0.39, 0.29) is 37.8 Å². The Labute approximate surface area is 173 Å². The van der Waals surface area contributed by atoms with E-state index in [2.05, 4.69) is 10.5 Å². The van der Waals surface area contributed by atoms with Crippen LogP contribution in [0.15, 0.2) is 40.9 Å². The number of aromatic nitrogens is 1. The van der Waals surface area contributed by atoms with Gasteiger partial charge in [-0.25, -0.2) is 9.18 Å². The SMILES string of the molecule is COC(=O)c1c(-c2c(Cl)cccc2Cl)noc1NC(=O)c1c(F)cccc1Cl. The minimum absolute atomic E-state index is 0.0441. The number of methoxy groups -OCH3 is 1. The monoisotopic (exact) mass is 442 g/mol. The average molecular weight is 444 g/mol. The van der Waals surface area contributed by atoms with Crippen LogP contribution in [-0.2, 0) is 4.74 Å². The smallest absolute Gasteiger partial charge is 0.345 e. The summed E-state index contributed by atoms with van der Waals surface area (Å²) in [6, 6.07) is 8.44. The summed E-state index contributed by atoms with van der Waals surface area (Å²) in [5.74, 6) is -3.04. The largest absolute Gasteiger partial charge is 0.465 e. The van der Waals surface area contributed by atoms with Crippen molar-refractivity contribution in [2.75, 3.05) is 12.4 Å². The molecule has 0 aliphatic carbocycles. The van der Waals surface area contributed by atoms with Crippen LogP contribution in [0.4, 0.5) is 10.3 Å². The van der Waals surface area contributed by atoms with Crippen molar-refractivity contribution in [1.29, 1.82) is 0 Å². The van der Waals surface area contributed by atoms with E-state index in [1.165, 1.54) is 24.3 Å². The van der Waals surface area contributed by atoms with E-state index < -0.39 is 23.3 Å². The van der Waals surface area contributed by atoms with Gasteiger partial charge >= 0.3 is 5.97 Å². The molecule has 0 saturated heterocycles. The number of hydrogen-bond donors (Lipinski definition) is 1. The van der Waals surface area contributed by atoms with Gasteiger partial charge in [-0.15, -0.1) is 0 Å². The lowest BCUT2D eigenvalue weighted by atomic mass is 10.1. The number of nitrogens with one attached hydrogen (secondary N) is 1. The van der Waals surface area contributed by atoms with Gasteiger partial charge in [-0.2, -0.15) is 0 Å². The van der Waals surface area contributed by atoms with Crippen molar-refractivity contribution < 1.29 is 23.2 Å². The number of ether oxygens (including phenoxy) is 1. The quantitative estimate of drug-likeness (QED) is 0.540. The topological polar surface area (TPSA) is 81.4 Å². The molecular weight excluding hydrogens is 434 g/mol. The standard InChI is InChI=1S/C18H10Cl3FN2O4/c1-27-18(26)14-15(12-8(19)4-2-5-9(12)20)24-28-17(14)23-16(25)13-10(21)6-3-7-11(13)22/h2-7H,1H3,(H,23,25). The highest BCUT2D eigenvalue weighted by Crippen LogP contribution is 2.38. The number of rotatable bonds is 4. The van der Waals surface area contributed by atoms with Gasteiger partial charge in [-0.1, -0.05) is 52.1 Å². The van der Waals surface area contributed by atoms with Gasteiger partial charge in [0, 0.05) is 5.56 Å². The molecule has 2 aromatic carbocycles. The molecule has 0 saturated carbocycles. The molecule has 0 aliphatic heterocycles. The van der Waals surface area contributed by atoms with E-state index in [1.54, 1.807) is 6.07 Å². The summed E-state index contributed by atoms with van der Waals surface area (Å²) in [6.45, 7) is 0. The Morgan fingerprint density at radius 2 is 1.64 bits per heavy atom. The number of hydrogen-bond acceptors (Lipinski definition) is 5. The predicted octanol–water partition coefficient (Wildman–Crippen LogP) is 5.48. The first-order valence-electron chi connectivity index (χ1n) is 7.62. The lowest BCUT2D eigenvalue weighted by molar-refractivity contribution is 0.0602. The van der Waals surface area contributed by atoms with Crippen LogP contribution in [0.25, 0.3) is 11.3 Å². The Morgan fingerprint density at radius 1 is 1.04 bits per heavy atom. The van der Waals surface area contributed by atoms with Crippen molar-refractivity contribution in [3.8, 4) is 11.3 Å². The minimum Gasteiger partial charge on any atom is -0.465 e. The Hall–Kier alpha value is -2.61. The molecule has 1 aromatic heterocycles. The molecule has 3 rings (SSSR count).